The van der Waals surface area contributed by atoms with Crippen LogP contribution in [0.2, 0.25) is 0 Å². The van der Waals surface area contributed by atoms with E-state index in [1.165, 1.54) is 23.4 Å². The topological polar surface area (TPSA) is 72.9 Å². The summed E-state index contributed by atoms with van der Waals surface area (Å²) in [6.45, 7) is 2.35. The smallest absolute Gasteiger partial charge is 0.243 e. The maximum absolute atomic E-state index is 12.9. The van der Waals surface area contributed by atoms with Crippen molar-refractivity contribution in [2.45, 2.75) is 24.8 Å². The molecule has 0 amide bonds. The van der Waals surface area contributed by atoms with E-state index in [-0.39, 0.29) is 17.5 Å². The lowest BCUT2D eigenvalue weighted by Gasteiger charge is -2.28. The fourth-order valence-corrected chi connectivity index (χ4v) is 4.55. The van der Waals surface area contributed by atoms with Crippen LogP contribution in [0.1, 0.15) is 28.4 Å². The van der Waals surface area contributed by atoms with Gasteiger partial charge in [-0.05, 0) is 48.7 Å². The number of Topliss-reactive ketones (excluding diaryl/α,β-unsaturated/α-hetero) is 1. The van der Waals surface area contributed by atoms with Crippen LogP contribution in [-0.4, -0.2) is 31.8 Å². The average Bonchev–Trinajstić information content (AvgIpc) is 3.06. The lowest BCUT2D eigenvalue weighted by Crippen LogP contribution is -2.35. The van der Waals surface area contributed by atoms with Crippen LogP contribution < -0.4 is 9.47 Å². The molecular weight excluding hydrogens is 342 g/mol. The molecule has 0 N–H and O–H groups in total. The molecular formula is C18H17NO5S. The van der Waals surface area contributed by atoms with E-state index in [1.807, 2.05) is 12.1 Å². The maximum Gasteiger partial charge on any atom is 0.243 e. The Morgan fingerprint density at radius 3 is 2.32 bits per heavy atom. The fraction of sp³-hybridized carbons (Fsp3) is 0.278. The number of hydrogen-bond donors (Lipinski definition) is 0. The second kappa shape index (κ2) is 5.86. The highest BCUT2D eigenvalue weighted by Gasteiger charge is 2.30. The number of carbonyl (C=O) groups is 1. The van der Waals surface area contributed by atoms with E-state index in [9.17, 15) is 13.2 Å². The summed E-state index contributed by atoms with van der Waals surface area (Å²) < 4.78 is 38.0. The van der Waals surface area contributed by atoms with Gasteiger partial charge in [0.05, 0.1) is 4.90 Å². The molecule has 0 fully saturated rings. The third kappa shape index (κ3) is 2.79. The molecule has 25 heavy (non-hydrogen) atoms. The number of fused-ring (bicyclic) bond motifs is 2. The molecule has 2 aliphatic heterocycles. The van der Waals surface area contributed by atoms with E-state index in [0.717, 1.165) is 16.9 Å². The summed E-state index contributed by atoms with van der Waals surface area (Å²) in [6, 6.07) is 9.86. The highest BCUT2D eigenvalue weighted by atomic mass is 32.2. The highest BCUT2D eigenvalue weighted by molar-refractivity contribution is 7.89. The lowest BCUT2D eigenvalue weighted by atomic mass is 10.0. The number of sulfonamides is 1. The molecule has 2 aromatic rings. The van der Waals surface area contributed by atoms with E-state index < -0.39 is 10.0 Å². The van der Waals surface area contributed by atoms with Gasteiger partial charge in [0.25, 0.3) is 0 Å². The van der Waals surface area contributed by atoms with E-state index in [1.54, 1.807) is 12.1 Å². The molecule has 0 spiro atoms. The van der Waals surface area contributed by atoms with Crippen molar-refractivity contribution in [3.8, 4) is 11.5 Å². The van der Waals surface area contributed by atoms with Crippen LogP contribution in [-0.2, 0) is 23.0 Å². The van der Waals surface area contributed by atoms with Gasteiger partial charge >= 0.3 is 0 Å². The highest BCUT2D eigenvalue weighted by Crippen LogP contribution is 2.37. The quantitative estimate of drug-likeness (QED) is 0.787. The van der Waals surface area contributed by atoms with Crippen LogP contribution in [0, 0.1) is 0 Å². The molecule has 0 saturated heterocycles. The number of hydrogen-bond acceptors (Lipinski definition) is 5. The van der Waals surface area contributed by atoms with Gasteiger partial charge in [-0.15, -0.1) is 0 Å². The Morgan fingerprint density at radius 2 is 1.68 bits per heavy atom. The zero-order chi connectivity index (χ0) is 17.6. The van der Waals surface area contributed by atoms with Crippen molar-refractivity contribution in [2.75, 3.05) is 13.3 Å². The van der Waals surface area contributed by atoms with Gasteiger partial charge in [0.2, 0.25) is 16.8 Å². The monoisotopic (exact) mass is 359 g/mol. The zero-order valence-electron chi connectivity index (χ0n) is 13.7. The minimum Gasteiger partial charge on any atom is -0.454 e. The summed E-state index contributed by atoms with van der Waals surface area (Å²) in [5.74, 6) is 1.28. The molecule has 6 nitrogen and oxygen atoms in total. The van der Waals surface area contributed by atoms with Crippen molar-refractivity contribution in [3.63, 3.8) is 0 Å². The predicted molar refractivity (Wildman–Crippen MR) is 90.3 cm³/mol. The van der Waals surface area contributed by atoms with Gasteiger partial charge < -0.3 is 9.47 Å². The molecule has 0 bridgehead atoms. The molecule has 130 valence electrons. The van der Waals surface area contributed by atoms with Crippen LogP contribution >= 0.6 is 0 Å². The number of nitrogens with zero attached hydrogens (tertiary/aromatic N) is 1. The summed E-state index contributed by atoms with van der Waals surface area (Å²) in [4.78, 5) is 11.6. The molecule has 0 radical (unpaired) electrons. The first-order valence-corrected chi connectivity index (χ1v) is 9.42. The van der Waals surface area contributed by atoms with Crippen molar-refractivity contribution < 1.29 is 22.7 Å². The van der Waals surface area contributed by atoms with Gasteiger partial charge in [0.15, 0.2) is 17.3 Å². The summed E-state index contributed by atoms with van der Waals surface area (Å²) in [6.07, 6.45) is 0.622. The zero-order valence-corrected chi connectivity index (χ0v) is 14.5. The number of benzene rings is 2. The Bertz CT molecular complexity index is 950. The predicted octanol–water partition coefficient (Wildman–Crippen LogP) is 2.36. The van der Waals surface area contributed by atoms with Crippen LogP contribution in [0.15, 0.2) is 41.3 Å². The normalized spacial score (nSPS) is 16.5. The lowest BCUT2D eigenvalue weighted by molar-refractivity contribution is 0.101. The third-order valence-corrected chi connectivity index (χ3v) is 6.43. The molecule has 4 rings (SSSR count). The second-order valence-electron chi connectivity index (χ2n) is 6.14. The standard InChI is InChI=1S/C18H17NO5S/c1-12(20)13-2-4-16(5-3-13)25(21,22)19-7-6-14-8-17-18(24-11-23-17)9-15(14)10-19/h2-5,8-9H,6-7,10-11H2,1H3. The number of ketones is 1. The minimum atomic E-state index is -3.61. The molecule has 0 atom stereocenters. The van der Waals surface area contributed by atoms with E-state index in [2.05, 4.69) is 0 Å². The van der Waals surface area contributed by atoms with Crippen LogP contribution in [0.3, 0.4) is 0 Å². The molecule has 0 aromatic heterocycles. The molecule has 2 aromatic carbocycles. The first-order chi connectivity index (χ1) is 11.9. The SMILES string of the molecule is CC(=O)c1ccc(S(=O)(=O)N2CCc3cc4c(cc3C2)OCO4)cc1. The number of carbonyl (C=O) groups excluding carboxylic acids is 1. The average molecular weight is 359 g/mol. The van der Waals surface area contributed by atoms with Crippen LogP contribution in [0.5, 0.6) is 11.5 Å². The molecule has 0 aliphatic carbocycles. The summed E-state index contributed by atoms with van der Waals surface area (Å²) in [5, 5.41) is 0. The van der Waals surface area contributed by atoms with Crippen LogP contribution in [0.4, 0.5) is 0 Å². The second-order valence-corrected chi connectivity index (χ2v) is 8.08. The molecule has 2 heterocycles. The minimum absolute atomic E-state index is 0.0908. The molecule has 2 aliphatic rings. The first-order valence-electron chi connectivity index (χ1n) is 7.98. The molecule has 0 saturated carbocycles. The van der Waals surface area contributed by atoms with Gasteiger partial charge in [-0.1, -0.05) is 12.1 Å². The van der Waals surface area contributed by atoms with Crippen LogP contribution in [0.25, 0.3) is 0 Å². The summed E-state index contributed by atoms with van der Waals surface area (Å²) >= 11 is 0. The molecule has 7 heteroatoms. The Morgan fingerprint density at radius 1 is 1.04 bits per heavy atom. The van der Waals surface area contributed by atoms with Gasteiger partial charge in [-0.3, -0.25) is 4.79 Å². The Kier molecular flexibility index (Phi) is 3.77. The first kappa shape index (κ1) is 16.1. The number of ether oxygens (including phenoxy) is 2. The van der Waals surface area contributed by atoms with Crippen molar-refractivity contribution in [3.05, 3.63) is 53.1 Å². The van der Waals surface area contributed by atoms with Gasteiger partial charge in [0, 0.05) is 18.7 Å². The van der Waals surface area contributed by atoms with Crippen molar-refractivity contribution in [1.82, 2.24) is 4.31 Å². The van der Waals surface area contributed by atoms with Gasteiger partial charge in [-0.2, -0.15) is 4.31 Å². The van der Waals surface area contributed by atoms with Crippen molar-refractivity contribution >= 4 is 15.8 Å². The summed E-state index contributed by atoms with van der Waals surface area (Å²) in [7, 11) is -3.61. The Hall–Kier alpha value is -2.38. The van der Waals surface area contributed by atoms with E-state index in [0.29, 0.717) is 30.8 Å². The van der Waals surface area contributed by atoms with Crippen molar-refractivity contribution in [2.24, 2.45) is 0 Å². The molecule has 0 unspecified atom stereocenters. The fourth-order valence-electron chi connectivity index (χ4n) is 3.14. The Balaban J connectivity index is 1.62. The maximum atomic E-state index is 12.9. The van der Waals surface area contributed by atoms with E-state index in [4.69, 9.17) is 9.47 Å². The summed E-state index contributed by atoms with van der Waals surface area (Å²) in [5.41, 5.74) is 2.51. The van der Waals surface area contributed by atoms with E-state index >= 15 is 0 Å². The van der Waals surface area contributed by atoms with Crippen molar-refractivity contribution in [1.29, 1.82) is 0 Å². The third-order valence-electron chi connectivity index (χ3n) is 4.57. The largest absolute Gasteiger partial charge is 0.454 e. The Labute approximate surface area is 146 Å². The van der Waals surface area contributed by atoms with Gasteiger partial charge in [-0.25, -0.2) is 8.42 Å². The number of rotatable bonds is 3. The van der Waals surface area contributed by atoms with Gasteiger partial charge in [0.1, 0.15) is 0 Å².